The zero-order valence-corrected chi connectivity index (χ0v) is 17.6. The van der Waals surface area contributed by atoms with E-state index < -0.39 is 15.9 Å². The van der Waals surface area contributed by atoms with Gasteiger partial charge in [0.1, 0.15) is 0 Å². The lowest BCUT2D eigenvalue weighted by molar-refractivity contribution is 0.102. The smallest absolute Gasteiger partial charge is 0.256 e. The zero-order chi connectivity index (χ0) is 20.9. The van der Waals surface area contributed by atoms with Crippen LogP contribution in [-0.2, 0) is 10.0 Å². The van der Waals surface area contributed by atoms with E-state index in [4.69, 9.17) is 4.74 Å². The fraction of sp³-hybridized carbons (Fsp3) is 0.429. The molecule has 1 heterocycles. The first kappa shape index (κ1) is 21.3. The molecule has 8 heteroatoms. The highest BCUT2D eigenvalue weighted by Gasteiger charge is 2.20. The Balaban J connectivity index is 1.72. The molecule has 0 saturated heterocycles. The van der Waals surface area contributed by atoms with Crippen molar-refractivity contribution in [2.24, 2.45) is 5.92 Å². The lowest BCUT2D eigenvalue weighted by Crippen LogP contribution is -2.23. The molecule has 29 heavy (non-hydrogen) atoms. The van der Waals surface area contributed by atoms with E-state index >= 15 is 0 Å². The molecule has 1 aliphatic rings. The van der Waals surface area contributed by atoms with Gasteiger partial charge in [-0.2, -0.15) is 0 Å². The maximum absolute atomic E-state index is 12.7. The molecule has 1 aromatic carbocycles. The van der Waals surface area contributed by atoms with Crippen molar-refractivity contribution in [2.45, 2.75) is 37.0 Å². The number of aromatic nitrogens is 1. The highest BCUT2D eigenvalue weighted by atomic mass is 32.2. The Morgan fingerprint density at radius 3 is 2.66 bits per heavy atom. The molecule has 0 bridgehead atoms. The fourth-order valence-corrected chi connectivity index (χ4v) is 4.30. The Morgan fingerprint density at radius 1 is 1.17 bits per heavy atom. The average Bonchev–Trinajstić information content (AvgIpc) is 2.74. The van der Waals surface area contributed by atoms with Crippen LogP contribution < -0.4 is 10.1 Å². The second-order valence-corrected chi connectivity index (χ2v) is 9.59. The number of sulfonamides is 1. The Kier molecular flexibility index (Phi) is 6.87. The third-order valence-corrected chi connectivity index (χ3v) is 6.89. The summed E-state index contributed by atoms with van der Waals surface area (Å²) in [4.78, 5) is 17.0. The van der Waals surface area contributed by atoms with Crippen molar-refractivity contribution in [1.82, 2.24) is 9.29 Å². The van der Waals surface area contributed by atoms with Crippen LogP contribution in [-0.4, -0.2) is 44.3 Å². The van der Waals surface area contributed by atoms with Crippen LogP contribution in [0.4, 0.5) is 5.82 Å². The van der Waals surface area contributed by atoms with Crippen LogP contribution in [0, 0.1) is 5.92 Å². The van der Waals surface area contributed by atoms with Crippen molar-refractivity contribution in [3.05, 3.63) is 48.2 Å². The quantitative estimate of drug-likeness (QED) is 0.744. The number of anilines is 1. The van der Waals surface area contributed by atoms with Gasteiger partial charge in [-0.3, -0.25) is 4.79 Å². The molecule has 0 radical (unpaired) electrons. The Morgan fingerprint density at radius 2 is 1.93 bits per heavy atom. The molecule has 0 aliphatic heterocycles. The molecular formula is C21H27N3O4S. The topological polar surface area (TPSA) is 88.6 Å². The van der Waals surface area contributed by atoms with Gasteiger partial charge in [0, 0.05) is 25.9 Å². The van der Waals surface area contributed by atoms with E-state index in [0.717, 1.165) is 17.1 Å². The van der Waals surface area contributed by atoms with Crippen LogP contribution in [0.25, 0.3) is 0 Å². The zero-order valence-electron chi connectivity index (χ0n) is 16.8. The molecule has 0 atom stereocenters. The minimum absolute atomic E-state index is 0.0601. The largest absolute Gasteiger partial charge is 0.489 e. The Labute approximate surface area is 172 Å². The highest BCUT2D eigenvalue weighted by molar-refractivity contribution is 7.89. The summed E-state index contributed by atoms with van der Waals surface area (Å²) in [5, 5.41) is 2.74. The monoisotopic (exact) mass is 417 g/mol. The van der Waals surface area contributed by atoms with E-state index in [-0.39, 0.29) is 10.5 Å². The summed E-state index contributed by atoms with van der Waals surface area (Å²) >= 11 is 0. The van der Waals surface area contributed by atoms with E-state index in [1.165, 1.54) is 45.5 Å². The van der Waals surface area contributed by atoms with Gasteiger partial charge in [-0.1, -0.05) is 25.3 Å². The number of hydrogen-bond donors (Lipinski definition) is 1. The molecule has 3 rings (SSSR count). The van der Waals surface area contributed by atoms with Gasteiger partial charge in [0.05, 0.1) is 11.5 Å². The van der Waals surface area contributed by atoms with Crippen molar-refractivity contribution in [1.29, 1.82) is 0 Å². The number of amides is 1. The van der Waals surface area contributed by atoms with Gasteiger partial charge in [-0.15, -0.1) is 0 Å². The van der Waals surface area contributed by atoms with Crippen LogP contribution in [0.3, 0.4) is 0 Å². The summed E-state index contributed by atoms with van der Waals surface area (Å²) in [5.41, 5.74) is 0.233. The van der Waals surface area contributed by atoms with Gasteiger partial charge in [0.15, 0.2) is 11.6 Å². The minimum atomic E-state index is -3.62. The number of benzene rings is 1. The Bertz CT molecular complexity index is 954. The van der Waals surface area contributed by atoms with Gasteiger partial charge in [0.2, 0.25) is 10.0 Å². The standard InChI is InChI=1S/C21H27N3O4S/c1-24(2)29(26,27)18-11-6-10-17(14-18)21(25)23-20-19(12-7-13-22-20)28-15-16-8-4-3-5-9-16/h6-7,10-14,16H,3-5,8-9,15H2,1-2H3,(H,22,23,25). The van der Waals surface area contributed by atoms with Crippen LogP contribution in [0.15, 0.2) is 47.5 Å². The van der Waals surface area contributed by atoms with Crippen molar-refractivity contribution < 1.29 is 17.9 Å². The fourth-order valence-electron chi connectivity index (χ4n) is 3.35. The summed E-state index contributed by atoms with van der Waals surface area (Å²) in [7, 11) is -0.721. The van der Waals surface area contributed by atoms with Gasteiger partial charge in [-0.25, -0.2) is 17.7 Å². The van der Waals surface area contributed by atoms with Crippen molar-refractivity contribution in [2.75, 3.05) is 26.0 Å². The average molecular weight is 418 g/mol. The second-order valence-electron chi connectivity index (χ2n) is 7.43. The molecule has 7 nitrogen and oxygen atoms in total. The van der Waals surface area contributed by atoms with Crippen LogP contribution in [0.2, 0.25) is 0 Å². The van der Waals surface area contributed by atoms with E-state index in [9.17, 15) is 13.2 Å². The molecule has 1 N–H and O–H groups in total. The summed E-state index contributed by atoms with van der Waals surface area (Å²) in [6, 6.07) is 9.47. The van der Waals surface area contributed by atoms with Crippen LogP contribution >= 0.6 is 0 Å². The minimum Gasteiger partial charge on any atom is -0.489 e. The molecule has 0 spiro atoms. The van der Waals surface area contributed by atoms with Crippen molar-refractivity contribution in [3.63, 3.8) is 0 Å². The molecule has 0 unspecified atom stereocenters. The number of hydrogen-bond acceptors (Lipinski definition) is 5. The summed E-state index contributed by atoms with van der Waals surface area (Å²) in [5.74, 6) is 0.931. The number of carbonyl (C=O) groups is 1. The number of carbonyl (C=O) groups excluding carboxylic acids is 1. The number of ether oxygens (including phenoxy) is 1. The van der Waals surface area contributed by atoms with E-state index in [1.54, 1.807) is 30.5 Å². The van der Waals surface area contributed by atoms with Gasteiger partial charge in [-0.05, 0) is 49.1 Å². The first-order valence-corrected chi connectivity index (χ1v) is 11.2. The van der Waals surface area contributed by atoms with Crippen molar-refractivity contribution in [3.8, 4) is 5.75 Å². The molecule has 1 aromatic heterocycles. The molecule has 1 fully saturated rings. The first-order valence-electron chi connectivity index (χ1n) is 9.79. The van der Waals surface area contributed by atoms with Gasteiger partial charge >= 0.3 is 0 Å². The second kappa shape index (κ2) is 9.37. The Hall–Kier alpha value is -2.45. The normalized spacial score (nSPS) is 15.3. The third-order valence-electron chi connectivity index (χ3n) is 5.08. The molecule has 156 valence electrons. The number of rotatable bonds is 7. The third kappa shape index (κ3) is 5.33. The highest BCUT2D eigenvalue weighted by Crippen LogP contribution is 2.27. The molecule has 1 amide bonds. The maximum Gasteiger partial charge on any atom is 0.256 e. The van der Waals surface area contributed by atoms with Crippen molar-refractivity contribution >= 4 is 21.7 Å². The van der Waals surface area contributed by atoms with Crippen LogP contribution in [0.5, 0.6) is 5.75 Å². The lowest BCUT2D eigenvalue weighted by atomic mass is 9.90. The van der Waals surface area contributed by atoms with E-state index in [2.05, 4.69) is 10.3 Å². The molecular weight excluding hydrogens is 390 g/mol. The van der Waals surface area contributed by atoms with E-state index in [0.29, 0.717) is 24.1 Å². The first-order chi connectivity index (χ1) is 13.9. The molecule has 1 aliphatic carbocycles. The SMILES string of the molecule is CN(C)S(=O)(=O)c1cccc(C(=O)Nc2ncccc2OCC2CCCCC2)c1. The van der Waals surface area contributed by atoms with Gasteiger partial charge in [0.25, 0.3) is 5.91 Å². The number of nitrogens with zero attached hydrogens (tertiary/aromatic N) is 2. The summed E-state index contributed by atoms with van der Waals surface area (Å²) < 4.78 is 31.7. The van der Waals surface area contributed by atoms with Crippen LogP contribution in [0.1, 0.15) is 42.5 Å². The summed E-state index contributed by atoms with van der Waals surface area (Å²) in [6.07, 6.45) is 7.65. The maximum atomic E-state index is 12.7. The summed E-state index contributed by atoms with van der Waals surface area (Å²) in [6.45, 7) is 0.602. The number of pyridine rings is 1. The number of nitrogens with one attached hydrogen (secondary N) is 1. The molecule has 1 saturated carbocycles. The lowest BCUT2D eigenvalue weighted by Gasteiger charge is -2.22. The van der Waals surface area contributed by atoms with E-state index in [1.807, 2.05) is 0 Å². The van der Waals surface area contributed by atoms with Gasteiger partial charge < -0.3 is 10.1 Å². The molecule has 2 aromatic rings. The predicted molar refractivity (Wildman–Crippen MR) is 112 cm³/mol. The predicted octanol–water partition coefficient (Wildman–Crippen LogP) is 3.54.